The van der Waals surface area contributed by atoms with E-state index >= 15 is 0 Å². The van der Waals surface area contributed by atoms with Gasteiger partial charge in [0.05, 0.1) is 19.3 Å². The topological polar surface area (TPSA) is 72.8 Å². The van der Waals surface area contributed by atoms with E-state index in [2.05, 4.69) is 0 Å². The Labute approximate surface area is 136 Å². The zero-order valence-electron chi connectivity index (χ0n) is 13.2. The molecule has 126 valence electrons. The van der Waals surface area contributed by atoms with E-state index in [0.29, 0.717) is 18.7 Å². The van der Waals surface area contributed by atoms with Crippen LogP contribution in [-0.4, -0.2) is 42.2 Å². The SMILES string of the molecule is CCOC(=O)C1(C(=O)OCC)CC[C@H](O)[C@H](/C=C/CCCl)C1. The van der Waals surface area contributed by atoms with E-state index in [0.717, 1.165) is 0 Å². The number of aliphatic hydroxyl groups excluding tert-OH is 1. The number of hydrogen-bond acceptors (Lipinski definition) is 5. The predicted molar refractivity (Wildman–Crippen MR) is 83.5 cm³/mol. The number of rotatable bonds is 7. The van der Waals surface area contributed by atoms with Gasteiger partial charge in [0.15, 0.2) is 5.41 Å². The molecule has 1 aliphatic carbocycles. The Morgan fingerprint density at radius 2 is 1.86 bits per heavy atom. The van der Waals surface area contributed by atoms with E-state index in [4.69, 9.17) is 21.1 Å². The summed E-state index contributed by atoms with van der Waals surface area (Å²) in [7, 11) is 0. The Morgan fingerprint density at radius 1 is 1.27 bits per heavy atom. The highest BCUT2D eigenvalue weighted by Gasteiger charge is 2.53. The molecule has 2 atom stereocenters. The second-order valence-electron chi connectivity index (χ2n) is 5.40. The molecule has 6 heteroatoms. The van der Waals surface area contributed by atoms with Gasteiger partial charge in [0.25, 0.3) is 0 Å². The zero-order valence-corrected chi connectivity index (χ0v) is 14.0. The second-order valence-corrected chi connectivity index (χ2v) is 5.78. The second kappa shape index (κ2) is 9.16. The van der Waals surface area contributed by atoms with Gasteiger partial charge >= 0.3 is 11.9 Å². The van der Waals surface area contributed by atoms with Gasteiger partial charge in [-0.15, -0.1) is 11.6 Å². The predicted octanol–water partition coefficient (Wildman–Crippen LogP) is 2.45. The molecule has 0 aromatic carbocycles. The Morgan fingerprint density at radius 3 is 2.36 bits per heavy atom. The number of carbonyl (C=O) groups excluding carboxylic acids is 2. The minimum Gasteiger partial charge on any atom is -0.465 e. The van der Waals surface area contributed by atoms with Crippen LogP contribution in [0.4, 0.5) is 0 Å². The number of ether oxygens (including phenoxy) is 2. The van der Waals surface area contributed by atoms with Crippen LogP contribution in [0.25, 0.3) is 0 Å². The summed E-state index contributed by atoms with van der Waals surface area (Å²) in [4.78, 5) is 24.7. The van der Waals surface area contributed by atoms with E-state index in [9.17, 15) is 14.7 Å². The lowest BCUT2D eigenvalue weighted by Crippen LogP contribution is -2.48. The summed E-state index contributed by atoms with van der Waals surface area (Å²) in [6.07, 6.45) is 4.59. The van der Waals surface area contributed by atoms with Crippen LogP contribution in [0.5, 0.6) is 0 Å². The molecule has 0 aliphatic heterocycles. The molecule has 1 saturated carbocycles. The average Bonchev–Trinajstić information content (AvgIpc) is 2.50. The lowest BCUT2D eigenvalue weighted by atomic mass is 9.68. The van der Waals surface area contributed by atoms with Gasteiger partial charge in [0.2, 0.25) is 0 Å². The van der Waals surface area contributed by atoms with Crippen LogP contribution >= 0.6 is 11.6 Å². The van der Waals surface area contributed by atoms with Crippen molar-refractivity contribution in [2.45, 2.75) is 45.6 Å². The van der Waals surface area contributed by atoms with E-state index < -0.39 is 23.5 Å². The maximum Gasteiger partial charge on any atom is 0.323 e. The van der Waals surface area contributed by atoms with E-state index in [1.807, 2.05) is 12.2 Å². The number of aliphatic hydroxyl groups is 1. The number of halogens is 1. The fourth-order valence-electron chi connectivity index (χ4n) is 2.77. The largest absolute Gasteiger partial charge is 0.465 e. The molecule has 0 spiro atoms. The first-order chi connectivity index (χ1) is 10.5. The number of esters is 2. The molecule has 1 N–H and O–H groups in total. The standard InChI is InChI=1S/C16H25ClO5/c1-3-21-14(19)16(15(20)22-4-2)9-8-13(18)12(11-16)7-5-6-10-17/h5,7,12-13,18H,3-4,6,8-11H2,1-2H3/b7-5+/t12-,13+/m1/s1. The van der Waals surface area contributed by atoms with Gasteiger partial charge in [0.1, 0.15) is 0 Å². The molecule has 0 bridgehead atoms. The highest BCUT2D eigenvalue weighted by molar-refractivity contribution is 6.17. The van der Waals surface area contributed by atoms with Crippen LogP contribution in [0.2, 0.25) is 0 Å². The Kier molecular flexibility index (Phi) is 7.90. The molecule has 1 aliphatic rings. The molecular weight excluding hydrogens is 308 g/mol. The summed E-state index contributed by atoms with van der Waals surface area (Å²) in [5.74, 6) is -0.918. The quantitative estimate of drug-likeness (QED) is 0.335. The Hall–Kier alpha value is -1.07. The third-order valence-corrected chi connectivity index (χ3v) is 4.15. The maximum absolute atomic E-state index is 12.4. The minimum absolute atomic E-state index is 0.199. The van der Waals surface area contributed by atoms with Crippen LogP contribution in [-0.2, 0) is 19.1 Å². The van der Waals surface area contributed by atoms with Crippen LogP contribution in [0.3, 0.4) is 0 Å². The first-order valence-corrected chi connectivity index (χ1v) is 8.30. The summed E-state index contributed by atoms with van der Waals surface area (Å²) >= 11 is 5.63. The molecule has 5 nitrogen and oxygen atoms in total. The lowest BCUT2D eigenvalue weighted by molar-refractivity contribution is -0.177. The number of allylic oxidation sites excluding steroid dienone is 1. The van der Waals surface area contributed by atoms with E-state index in [-0.39, 0.29) is 32.0 Å². The summed E-state index contributed by atoms with van der Waals surface area (Å²) in [6, 6.07) is 0. The number of carbonyl (C=O) groups is 2. The highest BCUT2D eigenvalue weighted by atomic mass is 35.5. The van der Waals surface area contributed by atoms with Gasteiger partial charge in [-0.1, -0.05) is 12.2 Å². The maximum atomic E-state index is 12.4. The zero-order chi connectivity index (χ0) is 16.6. The van der Waals surface area contributed by atoms with Crippen molar-refractivity contribution < 1.29 is 24.2 Å². The number of hydrogen-bond donors (Lipinski definition) is 1. The van der Waals surface area contributed by atoms with Gasteiger partial charge in [-0.05, 0) is 39.5 Å². The smallest absolute Gasteiger partial charge is 0.323 e. The van der Waals surface area contributed by atoms with Gasteiger partial charge < -0.3 is 14.6 Å². The van der Waals surface area contributed by atoms with Crippen molar-refractivity contribution in [1.82, 2.24) is 0 Å². The van der Waals surface area contributed by atoms with Crippen LogP contribution < -0.4 is 0 Å². The minimum atomic E-state index is -1.32. The lowest BCUT2D eigenvalue weighted by Gasteiger charge is -2.38. The van der Waals surface area contributed by atoms with Crippen molar-refractivity contribution in [3.8, 4) is 0 Å². The van der Waals surface area contributed by atoms with Gasteiger partial charge in [0, 0.05) is 11.8 Å². The fourth-order valence-corrected chi connectivity index (χ4v) is 2.90. The summed E-state index contributed by atoms with van der Waals surface area (Å²) < 4.78 is 10.2. The van der Waals surface area contributed by atoms with Gasteiger partial charge in [-0.25, -0.2) is 0 Å². The van der Waals surface area contributed by atoms with Crippen molar-refractivity contribution in [3.05, 3.63) is 12.2 Å². The van der Waals surface area contributed by atoms with E-state index in [1.54, 1.807) is 13.8 Å². The fraction of sp³-hybridized carbons (Fsp3) is 0.750. The molecule has 1 fully saturated rings. The summed E-state index contributed by atoms with van der Waals surface area (Å²) in [6.45, 7) is 3.81. The number of alkyl halides is 1. The molecule has 22 heavy (non-hydrogen) atoms. The average molecular weight is 333 g/mol. The molecule has 0 saturated heterocycles. The van der Waals surface area contributed by atoms with Crippen molar-refractivity contribution in [1.29, 1.82) is 0 Å². The molecule has 0 heterocycles. The van der Waals surface area contributed by atoms with Crippen molar-refractivity contribution >= 4 is 23.5 Å². The molecular formula is C16H25ClO5. The summed E-state index contributed by atoms with van der Waals surface area (Å²) in [5, 5.41) is 10.1. The first-order valence-electron chi connectivity index (χ1n) is 7.77. The van der Waals surface area contributed by atoms with Crippen molar-refractivity contribution in [3.63, 3.8) is 0 Å². The third-order valence-electron chi connectivity index (χ3n) is 3.94. The first kappa shape index (κ1) is 19.0. The summed E-state index contributed by atoms with van der Waals surface area (Å²) in [5.41, 5.74) is -1.32. The molecule has 0 aromatic heterocycles. The van der Waals surface area contributed by atoms with Crippen molar-refractivity contribution in [2.24, 2.45) is 11.3 Å². The third kappa shape index (κ3) is 4.46. The molecule has 0 amide bonds. The van der Waals surface area contributed by atoms with E-state index in [1.165, 1.54) is 0 Å². The monoisotopic (exact) mass is 332 g/mol. The molecule has 0 radical (unpaired) electrons. The molecule has 1 rings (SSSR count). The highest BCUT2D eigenvalue weighted by Crippen LogP contribution is 2.42. The normalized spacial score (nSPS) is 24.2. The van der Waals surface area contributed by atoms with Crippen LogP contribution in [0, 0.1) is 11.3 Å². The van der Waals surface area contributed by atoms with Crippen LogP contribution in [0.1, 0.15) is 39.5 Å². The van der Waals surface area contributed by atoms with Gasteiger partial charge in [-0.2, -0.15) is 0 Å². The molecule has 0 unspecified atom stereocenters. The Bertz CT molecular complexity index is 389. The van der Waals surface area contributed by atoms with Gasteiger partial charge in [-0.3, -0.25) is 9.59 Å². The molecule has 0 aromatic rings. The van der Waals surface area contributed by atoms with Crippen molar-refractivity contribution in [2.75, 3.05) is 19.1 Å². The van der Waals surface area contributed by atoms with Crippen LogP contribution in [0.15, 0.2) is 12.2 Å². The Balaban J connectivity index is 2.99.